The van der Waals surface area contributed by atoms with Crippen LogP contribution in [0.25, 0.3) is 0 Å². The van der Waals surface area contributed by atoms with Gasteiger partial charge in [-0.3, -0.25) is 4.79 Å². The number of ketones is 1. The topological polar surface area (TPSA) is 72.1 Å². The van der Waals surface area contributed by atoms with E-state index in [4.69, 9.17) is 5.73 Å². The molecule has 0 bridgehead atoms. The summed E-state index contributed by atoms with van der Waals surface area (Å²) in [5.41, 5.74) is 10.6. The molecule has 2 aromatic carbocycles. The molecule has 1 aliphatic rings. The van der Waals surface area contributed by atoms with Gasteiger partial charge in [0, 0.05) is 48.9 Å². The van der Waals surface area contributed by atoms with Crippen LogP contribution in [0.2, 0.25) is 0 Å². The second kappa shape index (κ2) is 6.96. The first-order valence-corrected chi connectivity index (χ1v) is 8.71. The average Bonchev–Trinajstić information content (AvgIpc) is 2.68. The minimum absolute atomic E-state index is 0.131. The largest absolute Gasteiger partial charge is 0.368 e. The van der Waals surface area contributed by atoms with Gasteiger partial charge in [0.2, 0.25) is 5.95 Å². The summed E-state index contributed by atoms with van der Waals surface area (Å²) in [6.45, 7) is 1.58. The number of hydrogen-bond donors (Lipinski definition) is 1. The molecule has 0 aliphatic carbocycles. The first-order valence-electron chi connectivity index (χ1n) is 8.71. The molecule has 0 saturated heterocycles. The van der Waals surface area contributed by atoms with Crippen molar-refractivity contribution in [3.63, 3.8) is 0 Å². The molecule has 1 aromatic heterocycles. The maximum Gasteiger partial charge on any atom is 0.220 e. The van der Waals surface area contributed by atoms with Gasteiger partial charge < -0.3 is 10.6 Å². The maximum atomic E-state index is 12.6. The second-order valence-electron chi connectivity index (χ2n) is 6.51. The molecule has 26 heavy (non-hydrogen) atoms. The monoisotopic (exact) mass is 344 g/mol. The third-order valence-electron chi connectivity index (χ3n) is 4.69. The molecular weight excluding hydrogens is 324 g/mol. The van der Waals surface area contributed by atoms with Crippen LogP contribution in [-0.2, 0) is 19.4 Å². The Bertz CT molecular complexity index is 940. The van der Waals surface area contributed by atoms with E-state index in [1.54, 1.807) is 6.20 Å². The quantitative estimate of drug-likeness (QED) is 0.737. The number of nitrogens with zero attached hydrogens (tertiary/aromatic N) is 3. The van der Waals surface area contributed by atoms with Gasteiger partial charge in [0.05, 0.1) is 5.69 Å². The number of benzene rings is 2. The van der Waals surface area contributed by atoms with Gasteiger partial charge in [0.1, 0.15) is 0 Å². The van der Waals surface area contributed by atoms with Gasteiger partial charge in [-0.05, 0) is 17.7 Å². The molecule has 0 spiro atoms. The SMILES string of the molecule is Nc1ncc2c(n1)CCN(c1cccc(C(=O)Cc3ccccc3)c1)C2. The average molecular weight is 344 g/mol. The lowest BCUT2D eigenvalue weighted by molar-refractivity contribution is 0.0993. The standard InChI is InChI=1S/C21H20N4O/c22-21-23-13-17-14-25(10-9-19(17)24-21)18-8-4-7-16(12-18)20(26)11-15-5-2-1-3-6-15/h1-8,12-13H,9-11,14H2,(H2,22,23,24). The smallest absolute Gasteiger partial charge is 0.220 e. The van der Waals surface area contributed by atoms with E-state index < -0.39 is 0 Å². The van der Waals surface area contributed by atoms with E-state index in [0.717, 1.165) is 47.6 Å². The first-order chi connectivity index (χ1) is 12.7. The zero-order valence-corrected chi connectivity index (χ0v) is 14.4. The molecular formula is C21H20N4O. The van der Waals surface area contributed by atoms with Crippen molar-refractivity contribution in [1.82, 2.24) is 9.97 Å². The predicted octanol–water partition coefficient (Wildman–Crippen LogP) is 3.05. The van der Waals surface area contributed by atoms with Crippen LogP contribution in [0.3, 0.4) is 0 Å². The number of carbonyl (C=O) groups is 1. The highest BCUT2D eigenvalue weighted by Gasteiger charge is 2.19. The van der Waals surface area contributed by atoms with Crippen LogP contribution in [-0.4, -0.2) is 22.3 Å². The summed E-state index contributed by atoms with van der Waals surface area (Å²) in [7, 11) is 0. The zero-order chi connectivity index (χ0) is 17.9. The number of hydrogen-bond acceptors (Lipinski definition) is 5. The molecule has 1 aliphatic heterocycles. The van der Waals surface area contributed by atoms with Gasteiger partial charge in [-0.1, -0.05) is 42.5 Å². The van der Waals surface area contributed by atoms with Gasteiger partial charge in [-0.25, -0.2) is 9.97 Å². The Kier molecular flexibility index (Phi) is 4.35. The number of aromatic nitrogens is 2. The van der Waals surface area contributed by atoms with E-state index in [1.165, 1.54) is 0 Å². The van der Waals surface area contributed by atoms with E-state index in [9.17, 15) is 4.79 Å². The van der Waals surface area contributed by atoms with Crippen LogP contribution in [0.1, 0.15) is 27.2 Å². The first kappa shape index (κ1) is 16.3. The van der Waals surface area contributed by atoms with Gasteiger partial charge in [0.15, 0.2) is 5.78 Å². The summed E-state index contributed by atoms with van der Waals surface area (Å²) in [5.74, 6) is 0.456. The van der Waals surface area contributed by atoms with Crippen molar-refractivity contribution in [3.05, 3.63) is 83.2 Å². The fourth-order valence-corrected chi connectivity index (χ4v) is 3.31. The molecule has 5 nitrogen and oxygen atoms in total. The molecule has 0 saturated carbocycles. The molecule has 130 valence electrons. The highest BCUT2D eigenvalue weighted by molar-refractivity contribution is 5.98. The summed E-state index contributed by atoms with van der Waals surface area (Å²) < 4.78 is 0. The van der Waals surface area contributed by atoms with Crippen molar-refractivity contribution in [2.45, 2.75) is 19.4 Å². The van der Waals surface area contributed by atoms with Crippen LogP contribution in [0, 0.1) is 0 Å². The molecule has 5 heteroatoms. The Balaban J connectivity index is 1.53. The molecule has 0 amide bonds. The van der Waals surface area contributed by atoms with E-state index in [-0.39, 0.29) is 5.78 Å². The lowest BCUT2D eigenvalue weighted by atomic mass is 10.0. The molecule has 0 atom stereocenters. The minimum atomic E-state index is 0.131. The number of fused-ring (bicyclic) bond motifs is 1. The normalized spacial score (nSPS) is 13.3. The van der Waals surface area contributed by atoms with E-state index in [1.807, 2.05) is 54.6 Å². The molecule has 4 rings (SSSR count). The van der Waals surface area contributed by atoms with Crippen molar-refractivity contribution in [2.24, 2.45) is 0 Å². The van der Waals surface area contributed by atoms with E-state index >= 15 is 0 Å². The van der Waals surface area contributed by atoms with Crippen LogP contribution in [0.4, 0.5) is 11.6 Å². The molecule has 2 N–H and O–H groups in total. The highest BCUT2D eigenvalue weighted by Crippen LogP contribution is 2.24. The third kappa shape index (κ3) is 3.42. The number of nitrogens with two attached hydrogens (primary N) is 1. The third-order valence-corrected chi connectivity index (χ3v) is 4.69. The number of nitrogen functional groups attached to an aromatic ring is 1. The Morgan fingerprint density at radius 2 is 1.96 bits per heavy atom. The van der Waals surface area contributed by atoms with Crippen molar-refractivity contribution in [1.29, 1.82) is 0 Å². The van der Waals surface area contributed by atoms with Crippen molar-refractivity contribution in [2.75, 3.05) is 17.2 Å². The van der Waals surface area contributed by atoms with Gasteiger partial charge in [0.25, 0.3) is 0 Å². The number of carbonyl (C=O) groups excluding carboxylic acids is 1. The van der Waals surface area contributed by atoms with Crippen molar-refractivity contribution < 1.29 is 4.79 Å². The lowest BCUT2D eigenvalue weighted by Gasteiger charge is -2.30. The Morgan fingerprint density at radius 1 is 1.12 bits per heavy atom. The summed E-state index contributed by atoms with van der Waals surface area (Å²) in [4.78, 5) is 23.3. The van der Waals surface area contributed by atoms with Crippen LogP contribution in [0.5, 0.6) is 0 Å². The predicted molar refractivity (Wildman–Crippen MR) is 102 cm³/mol. The summed E-state index contributed by atoms with van der Waals surface area (Å²) in [6, 6.07) is 17.7. The maximum absolute atomic E-state index is 12.6. The molecule has 0 radical (unpaired) electrons. The van der Waals surface area contributed by atoms with Gasteiger partial charge in [-0.2, -0.15) is 0 Å². The molecule has 0 fully saturated rings. The van der Waals surface area contributed by atoms with E-state index in [0.29, 0.717) is 12.4 Å². The second-order valence-corrected chi connectivity index (χ2v) is 6.51. The Labute approximate surface area is 152 Å². The van der Waals surface area contributed by atoms with Crippen LogP contribution < -0.4 is 10.6 Å². The molecule has 3 aromatic rings. The number of rotatable bonds is 4. The molecule has 2 heterocycles. The lowest BCUT2D eigenvalue weighted by Crippen LogP contribution is -2.31. The molecule has 0 unspecified atom stereocenters. The van der Waals surface area contributed by atoms with Crippen LogP contribution in [0.15, 0.2) is 60.8 Å². The van der Waals surface area contributed by atoms with Crippen molar-refractivity contribution in [3.8, 4) is 0 Å². The highest BCUT2D eigenvalue weighted by atomic mass is 16.1. The summed E-state index contributed by atoms with van der Waals surface area (Å²) in [5, 5.41) is 0. The zero-order valence-electron chi connectivity index (χ0n) is 14.4. The number of anilines is 2. The fourth-order valence-electron chi connectivity index (χ4n) is 3.31. The van der Waals surface area contributed by atoms with Gasteiger partial charge in [-0.15, -0.1) is 0 Å². The Hall–Kier alpha value is -3.21. The fraction of sp³-hybridized carbons (Fsp3) is 0.190. The number of Topliss-reactive ketones (excluding diaryl/α,β-unsaturated/α-hetero) is 1. The Morgan fingerprint density at radius 3 is 2.81 bits per heavy atom. The summed E-state index contributed by atoms with van der Waals surface area (Å²) in [6.07, 6.45) is 3.04. The van der Waals surface area contributed by atoms with Crippen LogP contribution >= 0.6 is 0 Å². The van der Waals surface area contributed by atoms with Gasteiger partial charge >= 0.3 is 0 Å². The van der Waals surface area contributed by atoms with Crippen molar-refractivity contribution >= 4 is 17.4 Å². The minimum Gasteiger partial charge on any atom is -0.368 e. The van der Waals surface area contributed by atoms with E-state index in [2.05, 4.69) is 14.9 Å². The summed E-state index contributed by atoms with van der Waals surface area (Å²) >= 11 is 0.